The third-order valence-electron chi connectivity index (χ3n) is 8.22. The van der Waals surface area contributed by atoms with Crippen molar-refractivity contribution in [2.45, 2.75) is 79.8 Å². The molecule has 0 atom stereocenters. The summed E-state index contributed by atoms with van der Waals surface area (Å²) in [4.78, 5) is 27.1. The molecule has 3 aromatic rings. The quantitative estimate of drug-likeness (QED) is 0.0494. The molecule has 50 heavy (non-hydrogen) atoms. The monoisotopic (exact) mass is 694 g/mol. The molecule has 276 valence electrons. The lowest BCUT2D eigenvalue weighted by Gasteiger charge is -2.18. The number of rotatable bonds is 23. The molecule has 0 unspecified atom stereocenters. The van der Waals surface area contributed by atoms with Crippen LogP contribution in [0.3, 0.4) is 0 Å². The number of amides is 1. The fourth-order valence-corrected chi connectivity index (χ4v) is 5.63. The molecule has 3 rings (SSSR count). The first-order chi connectivity index (χ1) is 24.1. The van der Waals surface area contributed by atoms with Gasteiger partial charge in [0.1, 0.15) is 33.8 Å². The predicted octanol–water partition coefficient (Wildman–Crippen LogP) is 5.41. The van der Waals surface area contributed by atoms with Crippen LogP contribution in [0.25, 0.3) is 21.9 Å². The second kappa shape index (κ2) is 21.3. The number of hydrogen-bond donors (Lipinski definition) is 5. The molecule has 0 saturated carbocycles. The number of carbonyl (C=O) groups excluding carboxylic acids is 1. The molecule has 1 heterocycles. The molecule has 0 aliphatic carbocycles. The van der Waals surface area contributed by atoms with Crippen LogP contribution in [-0.4, -0.2) is 70.6 Å². The molecule has 0 bridgehead atoms. The lowest BCUT2D eigenvalue weighted by molar-refractivity contribution is -0.123. The van der Waals surface area contributed by atoms with E-state index in [0.29, 0.717) is 66.1 Å². The molecule has 0 aliphatic rings. The van der Waals surface area contributed by atoms with Crippen molar-refractivity contribution in [1.82, 2.24) is 16.0 Å². The standard InChI is InChI=1S/C39H58N4O7/c1-7-48-31-22-34-37(38(45)29(31)15-13-27(4)5)39(46)36-28(14-12-26(2)3)30(24-47-6)32(23-33(36)50-34)49-25-35(44)43-21-11-20-42-18-9-8-17-41-19-10-16-40/h12-13,22-23,41-42,45H,7-11,14-21,24-25,40H2,1-6H3,(H,43,44). The molecule has 0 spiro atoms. The van der Waals surface area contributed by atoms with Crippen molar-refractivity contribution < 1.29 is 28.5 Å². The van der Waals surface area contributed by atoms with Crippen LogP contribution in [0.4, 0.5) is 0 Å². The average Bonchev–Trinajstić information content (AvgIpc) is 3.07. The highest BCUT2D eigenvalue weighted by molar-refractivity contribution is 5.97. The number of nitrogens with two attached hydrogens (primary N) is 1. The maximum absolute atomic E-state index is 14.3. The Balaban J connectivity index is 1.84. The minimum atomic E-state index is -0.355. The van der Waals surface area contributed by atoms with Crippen LogP contribution in [0.5, 0.6) is 17.2 Å². The van der Waals surface area contributed by atoms with Crippen molar-refractivity contribution in [1.29, 1.82) is 0 Å². The van der Waals surface area contributed by atoms with E-state index in [-0.39, 0.29) is 46.9 Å². The van der Waals surface area contributed by atoms with Crippen LogP contribution in [-0.2, 0) is 29.0 Å². The number of methoxy groups -OCH3 is 1. The lowest BCUT2D eigenvalue weighted by Crippen LogP contribution is -2.31. The highest BCUT2D eigenvalue weighted by atomic mass is 16.5. The van der Waals surface area contributed by atoms with E-state index in [1.165, 1.54) is 0 Å². The van der Waals surface area contributed by atoms with E-state index in [2.05, 4.69) is 16.0 Å². The average molecular weight is 695 g/mol. The van der Waals surface area contributed by atoms with E-state index in [1.54, 1.807) is 19.2 Å². The molecule has 11 nitrogen and oxygen atoms in total. The number of phenols is 1. The van der Waals surface area contributed by atoms with Crippen molar-refractivity contribution in [3.8, 4) is 17.2 Å². The van der Waals surface area contributed by atoms with Crippen LogP contribution in [0.1, 0.15) is 77.0 Å². The Labute approximate surface area is 296 Å². The van der Waals surface area contributed by atoms with Gasteiger partial charge < -0.3 is 45.4 Å². The van der Waals surface area contributed by atoms with E-state index in [0.717, 1.165) is 63.0 Å². The van der Waals surface area contributed by atoms with Crippen LogP contribution in [0, 0.1) is 0 Å². The summed E-state index contributed by atoms with van der Waals surface area (Å²) in [7, 11) is 1.57. The Morgan fingerprint density at radius 2 is 1.40 bits per heavy atom. The zero-order valence-corrected chi connectivity index (χ0v) is 30.9. The van der Waals surface area contributed by atoms with Crippen LogP contribution >= 0.6 is 0 Å². The van der Waals surface area contributed by atoms with Gasteiger partial charge in [-0.2, -0.15) is 0 Å². The highest BCUT2D eigenvalue weighted by Crippen LogP contribution is 2.39. The van der Waals surface area contributed by atoms with Gasteiger partial charge in [0.25, 0.3) is 5.91 Å². The van der Waals surface area contributed by atoms with Crippen molar-refractivity contribution in [3.63, 3.8) is 0 Å². The third kappa shape index (κ3) is 11.9. The number of phenolic OH excluding ortho intramolecular Hbond substituents is 1. The largest absolute Gasteiger partial charge is 0.507 e. The topological polar surface area (TPSA) is 157 Å². The van der Waals surface area contributed by atoms with Crippen molar-refractivity contribution in [2.75, 3.05) is 59.6 Å². The molecule has 2 aromatic carbocycles. The summed E-state index contributed by atoms with van der Waals surface area (Å²) >= 11 is 0. The van der Waals surface area contributed by atoms with Gasteiger partial charge in [-0.1, -0.05) is 23.3 Å². The SMILES string of the molecule is CCOc1cc2oc3cc(OCC(=O)NCCCNCCCCNCCCN)c(COC)c(CC=C(C)C)c3c(=O)c2c(O)c1CC=C(C)C. The summed E-state index contributed by atoms with van der Waals surface area (Å²) in [5, 5.41) is 21.6. The molecule has 0 saturated heterocycles. The summed E-state index contributed by atoms with van der Waals surface area (Å²) in [5.74, 6) is 0.438. The fraction of sp³-hybridized carbons (Fsp3) is 0.538. The minimum absolute atomic E-state index is 0.0952. The summed E-state index contributed by atoms with van der Waals surface area (Å²) in [6.45, 7) is 15.0. The van der Waals surface area contributed by atoms with Crippen molar-refractivity contribution >= 4 is 27.8 Å². The molecule has 0 radical (unpaired) electrons. The molecule has 0 aliphatic heterocycles. The maximum atomic E-state index is 14.3. The molecular formula is C39H58N4O7. The van der Waals surface area contributed by atoms with E-state index in [1.807, 2.05) is 46.8 Å². The zero-order chi connectivity index (χ0) is 36.5. The second-order valence-corrected chi connectivity index (χ2v) is 12.9. The maximum Gasteiger partial charge on any atom is 0.257 e. The van der Waals surface area contributed by atoms with Gasteiger partial charge in [-0.3, -0.25) is 9.59 Å². The van der Waals surface area contributed by atoms with E-state index < -0.39 is 0 Å². The Morgan fingerprint density at radius 1 is 0.820 bits per heavy atom. The number of allylic oxidation sites excluding steroid dienone is 4. The Kier molecular flexibility index (Phi) is 17.3. The smallest absolute Gasteiger partial charge is 0.257 e. The number of carbonyl (C=O) groups is 1. The number of unbranched alkanes of at least 4 members (excludes halogenated alkanes) is 1. The van der Waals surface area contributed by atoms with Gasteiger partial charge in [0.05, 0.1) is 18.6 Å². The van der Waals surface area contributed by atoms with Crippen molar-refractivity contribution in [2.24, 2.45) is 5.73 Å². The third-order valence-corrected chi connectivity index (χ3v) is 8.22. The molecule has 11 heteroatoms. The van der Waals surface area contributed by atoms with Gasteiger partial charge in [0.2, 0.25) is 5.43 Å². The Bertz CT molecular complexity index is 1670. The molecule has 1 amide bonds. The number of benzene rings is 2. The van der Waals surface area contributed by atoms with Gasteiger partial charge in [-0.25, -0.2) is 0 Å². The van der Waals surface area contributed by atoms with Gasteiger partial charge in [-0.05, 0) is 111 Å². The molecule has 1 aromatic heterocycles. The number of nitrogens with one attached hydrogen (secondary N) is 3. The summed E-state index contributed by atoms with van der Waals surface area (Å²) in [6, 6.07) is 3.30. The summed E-state index contributed by atoms with van der Waals surface area (Å²) in [6.07, 6.45) is 8.78. The van der Waals surface area contributed by atoms with Gasteiger partial charge in [0, 0.05) is 36.9 Å². The number of ether oxygens (including phenoxy) is 3. The first-order valence-corrected chi connectivity index (χ1v) is 17.8. The van der Waals surface area contributed by atoms with Crippen LogP contribution in [0.2, 0.25) is 0 Å². The van der Waals surface area contributed by atoms with E-state index >= 15 is 0 Å². The number of aromatic hydroxyl groups is 1. The molecule has 6 N–H and O–H groups in total. The van der Waals surface area contributed by atoms with Gasteiger partial charge in [0.15, 0.2) is 6.61 Å². The predicted molar refractivity (Wildman–Crippen MR) is 202 cm³/mol. The van der Waals surface area contributed by atoms with Gasteiger partial charge in [-0.15, -0.1) is 0 Å². The van der Waals surface area contributed by atoms with Gasteiger partial charge >= 0.3 is 0 Å². The fourth-order valence-electron chi connectivity index (χ4n) is 5.63. The van der Waals surface area contributed by atoms with E-state index in [4.69, 9.17) is 24.4 Å². The molecule has 0 fully saturated rings. The normalized spacial score (nSPS) is 11.2. The van der Waals surface area contributed by atoms with Crippen LogP contribution < -0.4 is 36.6 Å². The minimum Gasteiger partial charge on any atom is -0.507 e. The van der Waals surface area contributed by atoms with Crippen LogP contribution in [0.15, 0.2) is 44.6 Å². The van der Waals surface area contributed by atoms with Crippen molar-refractivity contribution in [3.05, 3.63) is 62.3 Å². The lowest BCUT2D eigenvalue weighted by atomic mass is 9.95. The second-order valence-electron chi connectivity index (χ2n) is 12.9. The van der Waals surface area contributed by atoms with E-state index in [9.17, 15) is 14.7 Å². The zero-order valence-electron chi connectivity index (χ0n) is 30.9. The molecular weight excluding hydrogens is 636 g/mol. The first kappa shape index (κ1) is 40.5. The first-order valence-electron chi connectivity index (χ1n) is 17.8. The Hall–Kier alpha value is -3.90. The summed E-state index contributed by atoms with van der Waals surface area (Å²) in [5.41, 5.74) is 9.61. The highest BCUT2D eigenvalue weighted by Gasteiger charge is 2.24. The number of hydrogen-bond acceptors (Lipinski definition) is 10. The summed E-state index contributed by atoms with van der Waals surface area (Å²) < 4.78 is 23.9. The Morgan fingerprint density at radius 3 is 2.00 bits per heavy atom. The number of fused-ring (bicyclic) bond motifs is 2.